The standard InChI is InChI=1S/C9H10O3/c10-8-5-1-3-6(8)2-4(5)7(3)9(11)12/h3-7H,1-2H2,(H,11,12). The van der Waals surface area contributed by atoms with Crippen molar-refractivity contribution in [3.05, 3.63) is 0 Å². The monoisotopic (exact) mass is 166 g/mol. The third-order valence-corrected chi connectivity index (χ3v) is 4.02. The predicted octanol–water partition coefficient (Wildman–Crippen LogP) is 0.542. The number of carbonyl (C=O) groups excluding carboxylic acids is 1. The fraction of sp³-hybridized carbons (Fsp3) is 0.778. The maximum absolute atomic E-state index is 11.4. The summed E-state index contributed by atoms with van der Waals surface area (Å²) in [4.78, 5) is 22.2. The van der Waals surface area contributed by atoms with Crippen molar-refractivity contribution in [3.63, 3.8) is 0 Å². The van der Waals surface area contributed by atoms with E-state index >= 15 is 0 Å². The van der Waals surface area contributed by atoms with Crippen molar-refractivity contribution in [1.29, 1.82) is 0 Å². The van der Waals surface area contributed by atoms with Gasteiger partial charge in [-0.3, -0.25) is 9.59 Å². The lowest BCUT2D eigenvalue weighted by atomic mass is 9.88. The molecule has 3 heteroatoms. The van der Waals surface area contributed by atoms with Crippen LogP contribution in [-0.4, -0.2) is 16.9 Å². The molecule has 4 rings (SSSR count). The van der Waals surface area contributed by atoms with Crippen LogP contribution in [0.4, 0.5) is 0 Å². The topological polar surface area (TPSA) is 54.4 Å². The quantitative estimate of drug-likeness (QED) is 0.618. The van der Waals surface area contributed by atoms with Gasteiger partial charge in [-0.25, -0.2) is 0 Å². The van der Waals surface area contributed by atoms with E-state index in [1.54, 1.807) is 0 Å². The molecule has 0 spiro atoms. The maximum atomic E-state index is 11.4. The van der Waals surface area contributed by atoms with Crippen LogP contribution in [-0.2, 0) is 9.59 Å². The summed E-state index contributed by atoms with van der Waals surface area (Å²) in [7, 11) is 0. The van der Waals surface area contributed by atoms with Crippen LogP contribution in [0.1, 0.15) is 12.8 Å². The van der Waals surface area contributed by atoms with Gasteiger partial charge in [-0.2, -0.15) is 0 Å². The fourth-order valence-corrected chi connectivity index (χ4v) is 3.67. The zero-order valence-electron chi connectivity index (χ0n) is 6.56. The molecule has 0 aromatic heterocycles. The van der Waals surface area contributed by atoms with Gasteiger partial charge in [0.1, 0.15) is 5.78 Å². The molecule has 4 aliphatic carbocycles. The number of Topliss-reactive ketones (excluding diaryl/α,β-unsaturated/α-hetero) is 1. The van der Waals surface area contributed by atoms with Crippen LogP contribution in [0, 0.1) is 29.6 Å². The van der Waals surface area contributed by atoms with Crippen molar-refractivity contribution in [2.45, 2.75) is 12.8 Å². The minimum Gasteiger partial charge on any atom is -0.481 e. The maximum Gasteiger partial charge on any atom is 0.307 e. The number of hydrogen-bond acceptors (Lipinski definition) is 2. The summed E-state index contributed by atoms with van der Waals surface area (Å²) in [6.07, 6.45) is 1.73. The van der Waals surface area contributed by atoms with Gasteiger partial charge in [0, 0.05) is 11.8 Å². The minimum atomic E-state index is -0.678. The second kappa shape index (κ2) is 1.73. The molecule has 0 amide bonds. The summed E-state index contributed by atoms with van der Waals surface area (Å²) in [5, 5.41) is 8.91. The molecule has 0 aliphatic heterocycles. The number of carboxylic acids is 1. The Kier molecular flexibility index (Phi) is 0.955. The first kappa shape index (κ1) is 6.63. The van der Waals surface area contributed by atoms with Gasteiger partial charge in [-0.05, 0) is 24.7 Å². The molecule has 4 unspecified atom stereocenters. The average molecular weight is 166 g/mol. The van der Waals surface area contributed by atoms with E-state index in [1.807, 2.05) is 0 Å². The number of hydrogen-bond donors (Lipinski definition) is 1. The van der Waals surface area contributed by atoms with E-state index in [4.69, 9.17) is 5.11 Å². The van der Waals surface area contributed by atoms with E-state index in [9.17, 15) is 9.59 Å². The molecule has 64 valence electrons. The number of rotatable bonds is 1. The molecule has 0 radical (unpaired) electrons. The SMILES string of the molecule is O=C1C2CC3C1CC2C3C(=O)O. The highest BCUT2D eigenvalue weighted by atomic mass is 16.4. The molecular formula is C9H10O3. The Balaban J connectivity index is 2.01. The van der Waals surface area contributed by atoms with Gasteiger partial charge < -0.3 is 5.11 Å². The molecule has 0 heterocycles. The van der Waals surface area contributed by atoms with Gasteiger partial charge in [-0.15, -0.1) is 0 Å². The Morgan fingerprint density at radius 3 is 2.08 bits per heavy atom. The lowest BCUT2D eigenvalue weighted by molar-refractivity contribution is -0.144. The van der Waals surface area contributed by atoms with E-state index in [0.717, 1.165) is 12.8 Å². The Morgan fingerprint density at radius 1 is 1.25 bits per heavy atom. The van der Waals surface area contributed by atoms with Gasteiger partial charge in [-0.1, -0.05) is 0 Å². The first-order chi connectivity index (χ1) is 5.70. The predicted molar refractivity (Wildman–Crippen MR) is 39.3 cm³/mol. The highest BCUT2D eigenvalue weighted by Crippen LogP contribution is 2.63. The second-order valence-electron chi connectivity index (χ2n) is 4.28. The van der Waals surface area contributed by atoms with Crippen LogP contribution >= 0.6 is 0 Å². The van der Waals surface area contributed by atoms with Crippen molar-refractivity contribution in [2.24, 2.45) is 29.6 Å². The zero-order chi connectivity index (χ0) is 8.46. The molecule has 4 aliphatic rings. The minimum absolute atomic E-state index is 0.126. The van der Waals surface area contributed by atoms with Crippen LogP contribution < -0.4 is 0 Å². The van der Waals surface area contributed by atoms with Crippen LogP contribution in [0.15, 0.2) is 0 Å². The van der Waals surface area contributed by atoms with E-state index in [-0.39, 0.29) is 29.6 Å². The largest absolute Gasteiger partial charge is 0.481 e. The van der Waals surface area contributed by atoms with E-state index in [1.165, 1.54) is 0 Å². The van der Waals surface area contributed by atoms with Gasteiger partial charge in [0.05, 0.1) is 5.92 Å². The van der Waals surface area contributed by atoms with Gasteiger partial charge >= 0.3 is 5.97 Å². The third-order valence-electron chi connectivity index (χ3n) is 4.02. The summed E-state index contributed by atoms with van der Waals surface area (Å²) in [6, 6.07) is 0. The van der Waals surface area contributed by atoms with E-state index in [2.05, 4.69) is 0 Å². The Labute approximate surface area is 69.8 Å². The highest BCUT2D eigenvalue weighted by Gasteiger charge is 2.66. The molecule has 0 aromatic rings. The number of carbonyl (C=O) groups is 2. The van der Waals surface area contributed by atoms with E-state index < -0.39 is 5.97 Å². The van der Waals surface area contributed by atoms with Crippen LogP contribution in [0.25, 0.3) is 0 Å². The smallest absolute Gasteiger partial charge is 0.307 e. The van der Waals surface area contributed by atoms with Crippen molar-refractivity contribution in [1.82, 2.24) is 0 Å². The van der Waals surface area contributed by atoms with Crippen molar-refractivity contribution in [2.75, 3.05) is 0 Å². The lowest BCUT2D eigenvalue weighted by Crippen LogP contribution is -2.26. The summed E-state index contributed by atoms with van der Waals surface area (Å²) in [5.74, 6) is 0.153. The second-order valence-corrected chi connectivity index (χ2v) is 4.28. The van der Waals surface area contributed by atoms with Gasteiger partial charge in [0.15, 0.2) is 0 Å². The zero-order valence-corrected chi connectivity index (χ0v) is 6.56. The van der Waals surface area contributed by atoms with Crippen LogP contribution in [0.3, 0.4) is 0 Å². The van der Waals surface area contributed by atoms with E-state index in [0.29, 0.717) is 5.78 Å². The fourth-order valence-electron chi connectivity index (χ4n) is 3.67. The van der Waals surface area contributed by atoms with Gasteiger partial charge in [0.2, 0.25) is 0 Å². The number of aliphatic carboxylic acids is 1. The average Bonchev–Trinajstić information content (AvgIpc) is 2.65. The Bertz CT molecular complexity index is 263. The molecule has 4 bridgehead atoms. The summed E-state index contributed by atoms with van der Waals surface area (Å²) < 4.78 is 0. The summed E-state index contributed by atoms with van der Waals surface area (Å²) in [6.45, 7) is 0. The summed E-state index contributed by atoms with van der Waals surface area (Å²) in [5.41, 5.74) is 0. The number of ketones is 1. The van der Waals surface area contributed by atoms with Crippen molar-refractivity contribution < 1.29 is 14.7 Å². The Morgan fingerprint density at radius 2 is 1.75 bits per heavy atom. The van der Waals surface area contributed by atoms with Crippen LogP contribution in [0.5, 0.6) is 0 Å². The van der Waals surface area contributed by atoms with Crippen molar-refractivity contribution in [3.8, 4) is 0 Å². The summed E-state index contributed by atoms with van der Waals surface area (Å²) >= 11 is 0. The molecule has 0 aromatic carbocycles. The van der Waals surface area contributed by atoms with Crippen LogP contribution in [0.2, 0.25) is 0 Å². The first-order valence-electron chi connectivity index (χ1n) is 4.46. The normalized spacial score (nSPS) is 54.0. The molecule has 1 N–H and O–H groups in total. The molecule has 3 nitrogen and oxygen atoms in total. The molecule has 0 saturated heterocycles. The lowest BCUT2D eigenvalue weighted by Gasteiger charge is -2.15. The molecule has 12 heavy (non-hydrogen) atoms. The Hall–Kier alpha value is -0.860. The molecule has 4 fully saturated rings. The van der Waals surface area contributed by atoms with Crippen molar-refractivity contribution >= 4 is 11.8 Å². The highest BCUT2D eigenvalue weighted by molar-refractivity contribution is 5.92. The third kappa shape index (κ3) is 0.490. The number of carboxylic acid groups (broad SMARTS) is 1. The molecular weight excluding hydrogens is 156 g/mol. The van der Waals surface area contributed by atoms with Gasteiger partial charge in [0.25, 0.3) is 0 Å². The molecule has 4 saturated carbocycles. The molecule has 4 atom stereocenters. The first-order valence-corrected chi connectivity index (χ1v) is 4.46.